The van der Waals surface area contributed by atoms with Gasteiger partial charge < -0.3 is 15.2 Å². The summed E-state index contributed by atoms with van der Waals surface area (Å²) in [6.45, 7) is 0.929. The van der Waals surface area contributed by atoms with Gasteiger partial charge in [-0.25, -0.2) is 8.42 Å². The zero-order valence-electron chi connectivity index (χ0n) is 16.0. The number of hydrogen-bond donors (Lipinski definition) is 2. The third-order valence-electron chi connectivity index (χ3n) is 4.83. The van der Waals surface area contributed by atoms with E-state index in [0.29, 0.717) is 18.1 Å². The average molecular weight is 439 g/mol. The summed E-state index contributed by atoms with van der Waals surface area (Å²) < 4.78 is 32.8. The Kier molecular flexibility index (Phi) is 6.66. The predicted molar refractivity (Wildman–Crippen MR) is 111 cm³/mol. The van der Waals surface area contributed by atoms with Crippen molar-refractivity contribution in [2.45, 2.75) is 30.6 Å². The van der Waals surface area contributed by atoms with Crippen LogP contribution >= 0.6 is 11.6 Å². The van der Waals surface area contributed by atoms with Crippen LogP contribution in [-0.4, -0.2) is 43.9 Å². The fourth-order valence-corrected chi connectivity index (χ4v) is 4.97. The van der Waals surface area contributed by atoms with Crippen molar-refractivity contribution >= 4 is 33.2 Å². The van der Waals surface area contributed by atoms with E-state index in [1.807, 2.05) is 0 Å². The molecule has 0 saturated carbocycles. The smallest absolute Gasteiger partial charge is 0.259 e. The number of aromatic hydroxyl groups is 1. The van der Waals surface area contributed by atoms with Gasteiger partial charge in [0.15, 0.2) is 0 Å². The van der Waals surface area contributed by atoms with Crippen LogP contribution in [0, 0.1) is 0 Å². The average Bonchev–Trinajstić information content (AvgIpc) is 3.00. The van der Waals surface area contributed by atoms with Crippen LogP contribution in [0.4, 0.5) is 5.69 Å². The van der Waals surface area contributed by atoms with E-state index < -0.39 is 15.9 Å². The maximum absolute atomic E-state index is 13.1. The Morgan fingerprint density at radius 1 is 1.10 bits per heavy atom. The predicted octanol–water partition coefficient (Wildman–Crippen LogP) is 3.87. The summed E-state index contributed by atoms with van der Waals surface area (Å²) in [6.07, 6.45) is 3.64. The number of nitrogens with zero attached hydrogens (tertiary/aromatic N) is 1. The van der Waals surface area contributed by atoms with Gasteiger partial charge in [0.05, 0.1) is 23.3 Å². The Morgan fingerprint density at radius 2 is 1.79 bits per heavy atom. The molecule has 1 saturated heterocycles. The van der Waals surface area contributed by atoms with Gasteiger partial charge in [0.25, 0.3) is 5.91 Å². The van der Waals surface area contributed by atoms with Crippen LogP contribution in [0.5, 0.6) is 11.5 Å². The summed E-state index contributed by atoms with van der Waals surface area (Å²) in [5, 5.41) is 12.8. The number of anilines is 1. The van der Waals surface area contributed by atoms with Crippen LogP contribution in [0.25, 0.3) is 0 Å². The highest BCUT2D eigenvalue weighted by Gasteiger charge is 2.27. The Bertz CT molecular complexity index is 1000. The molecule has 0 atom stereocenters. The van der Waals surface area contributed by atoms with Crippen molar-refractivity contribution in [1.29, 1.82) is 0 Å². The molecule has 1 amide bonds. The van der Waals surface area contributed by atoms with E-state index in [1.54, 1.807) is 0 Å². The Labute approximate surface area is 175 Å². The number of halogens is 1. The lowest BCUT2D eigenvalue weighted by Crippen LogP contribution is -2.32. The molecule has 3 rings (SSSR count). The highest BCUT2D eigenvalue weighted by molar-refractivity contribution is 7.89. The molecule has 2 aromatic carbocycles. The molecule has 1 fully saturated rings. The third kappa shape index (κ3) is 4.83. The Balaban J connectivity index is 1.94. The first-order valence-electron chi connectivity index (χ1n) is 9.31. The van der Waals surface area contributed by atoms with Gasteiger partial charge in [0.2, 0.25) is 10.0 Å². The number of hydrogen-bond acceptors (Lipinski definition) is 5. The lowest BCUT2D eigenvalue weighted by molar-refractivity contribution is 0.102. The quantitative estimate of drug-likeness (QED) is 0.691. The molecule has 0 spiro atoms. The monoisotopic (exact) mass is 438 g/mol. The summed E-state index contributed by atoms with van der Waals surface area (Å²) in [5.74, 6) is -0.554. The zero-order valence-corrected chi connectivity index (χ0v) is 17.6. The second-order valence-corrected chi connectivity index (χ2v) is 9.17. The molecule has 1 aliphatic rings. The number of rotatable bonds is 5. The van der Waals surface area contributed by atoms with E-state index >= 15 is 0 Å². The number of carbonyl (C=O) groups is 1. The highest BCUT2D eigenvalue weighted by Crippen LogP contribution is 2.30. The number of methoxy groups -OCH3 is 1. The van der Waals surface area contributed by atoms with Gasteiger partial charge in [-0.15, -0.1) is 0 Å². The number of phenolic OH excluding ortho intramolecular Hbond substituents is 1. The van der Waals surface area contributed by atoms with Gasteiger partial charge >= 0.3 is 0 Å². The summed E-state index contributed by atoms with van der Waals surface area (Å²) in [4.78, 5) is 12.8. The number of carbonyl (C=O) groups excluding carboxylic acids is 1. The van der Waals surface area contributed by atoms with Crippen molar-refractivity contribution in [3.8, 4) is 11.5 Å². The van der Waals surface area contributed by atoms with Crippen molar-refractivity contribution in [3.63, 3.8) is 0 Å². The molecular weight excluding hydrogens is 416 g/mol. The molecule has 7 nitrogen and oxygen atoms in total. The first kappa shape index (κ1) is 21.4. The molecule has 0 radical (unpaired) electrons. The van der Waals surface area contributed by atoms with E-state index in [1.165, 1.54) is 47.8 Å². The zero-order chi connectivity index (χ0) is 21.0. The van der Waals surface area contributed by atoms with Gasteiger partial charge in [-0.1, -0.05) is 24.4 Å². The van der Waals surface area contributed by atoms with E-state index in [4.69, 9.17) is 16.3 Å². The van der Waals surface area contributed by atoms with Gasteiger partial charge in [0.1, 0.15) is 11.5 Å². The van der Waals surface area contributed by atoms with Crippen LogP contribution in [0.15, 0.2) is 41.3 Å². The topological polar surface area (TPSA) is 95.9 Å². The number of sulfonamides is 1. The largest absolute Gasteiger partial charge is 0.506 e. The number of benzene rings is 2. The summed E-state index contributed by atoms with van der Waals surface area (Å²) in [5.41, 5.74) is 0.160. The minimum atomic E-state index is -3.73. The lowest BCUT2D eigenvalue weighted by Gasteiger charge is -2.20. The third-order valence-corrected chi connectivity index (χ3v) is 6.95. The van der Waals surface area contributed by atoms with Gasteiger partial charge in [-0.05, 0) is 49.2 Å². The standard InChI is InChI=1S/C20H23ClN2O5S/c1-28-19-9-7-15(29(26,27)23-10-4-2-3-5-11-23)13-16(19)20(25)22-17-12-14(21)6-8-18(17)24/h6-9,12-13,24H,2-5,10-11H2,1H3,(H,22,25). The van der Waals surface area contributed by atoms with Gasteiger partial charge in [-0.2, -0.15) is 4.31 Å². The molecule has 1 aliphatic heterocycles. The molecule has 156 valence electrons. The molecular formula is C20H23ClN2O5S. The van der Waals surface area contributed by atoms with Gasteiger partial charge in [-0.3, -0.25) is 4.79 Å². The van der Waals surface area contributed by atoms with Crippen molar-refractivity contribution in [2.24, 2.45) is 0 Å². The van der Waals surface area contributed by atoms with Crippen molar-refractivity contribution in [2.75, 3.05) is 25.5 Å². The fourth-order valence-electron chi connectivity index (χ4n) is 3.25. The van der Waals surface area contributed by atoms with E-state index in [9.17, 15) is 18.3 Å². The fraction of sp³-hybridized carbons (Fsp3) is 0.350. The first-order valence-corrected chi connectivity index (χ1v) is 11.1. The number of ether oxygens (including phenoxy) is 1. The molecule has 1 heterocycles. The first-order chi connectivity index (χ1) is 13.8. The second kappa shape index (κ2) is 9.02. The lowest BCUT2D eigenvalue weighted by atomic mass is 10.1. The second-order valence-electron chi connectivity index (χ2n) is 6.80. The Morgan fingerprint density at radius 3 is 2.45 bits per heavy atom. The maximum atomic E-state index is 13.1. The van der Waals surface area contributed by atoms with Crippen LogP contribution < -0.4 is 10.1 Å². The molecule has 2 N–H and O–H groups in total. The van der Waals surface area contributed by atoms with E-state index in [-0.39, 0.29) is 27.6 Å². The van der Waals surface area contributed by atoms with E-state index in [0.717, 1.165) is 25.7 Å². The van der Waals surface area contributed by atoms with Crippen molar-refractivity contribution < 1.29 is 23.1 Å². The van der Waals surface area contributed by atoms with Crippen LogP contribution in [0.3, 0.4) is 0 Å². The minimum absolute atomic E-state index is 0.0284. The molecule has 0 bridgehead atoms. The van der Waals surface area contributed by atoms with Crippen molar-refractivity contribution in [3.05, 3.63) is 47.0 Å². The SMILES string of the molecule is COc1ccc(S(=O)(=O)N2CCCCCC2)cc1C(=O)Nc1cc(Cl)ccc1O. The van der Waals surface area contributed by atoms with Crippen LogP contribution in [-0.2, 0) is 10.0 Å². The summed E-state index contributed by atoms with van der Waals surface area (Å²) >= 11 is 5.92. The summed E-state index contributed by atoms with van der Waals surface area (Å²) in [6, 6.07) is 8.44. The number of amides is 1. The molecule has 0 unspecified atom stereocenters. The molecule has 2 aromatic rings. The molecule has 9 heteroatoms. The molecule has 0 aliphatic carbocycles. The summed E-state index contributed by atoms with van der Waals surface area (Å²) in [7, 11) is -2.33. The van der Waals surface area contributed by atoms with Crippen molar-refractivity contribution in [1.82, 2.24) is 4.31 Å². The van der Waals surface area contributed by atoms with Crippen LogP contribution in [0.2, 0.25) is 5.02 Å². The highest BCUT2D eigenvalue weighted by atomic mass is 35.5. The molecule has 0 aromatic heterocycles. The molecule has 29 heavy (non-hydrogen) atoms. The maximum Gasteiger partial charge on any atom is 0.259 e. The van der Waals surface area contributed by atoms with Crippen LogP contribution in [0.1, 0.15) is 36.0 Å². The van der Waals surface area contributed by atoms with E-state index in [2.05, 4.69) is 5.32 Å². The number of phenols is 1. The Hall–Kier alpha value is -2.29. The number of nitrogens with one attached hydrogen (secondary N) is 1. The minimum Gasteiger partial charge on any atom is -0.506 e. The van der Waals surface area contributed by atoms with Gasteiger partial charge in [0, 0.05) is 18.1 Å². The normalized spacial score (nSPS) is 15.5.